The molecular formula is C35H40N4O10. The lowest BCUT2D eigenvalue weighted by atomic mass is 10.1. The van der Waals surface area contributed by atoms with E-state index in [1.807, 2.05) is 35.8 Å². The summed E-state index contributed by atoms with van der Waals surface area (Å²) in [5, 5.41) is 14.2. The van der Waals surface area contributed by atoms with E-state index in [2.05, 4.69) is 16.9 Å². The Balaban J connectivity index is 1.34. The van der Waals surface area contributed by atoms with Crippen LogP contribution in [0, 0.1) is 0 Å². The summed E-state index contributed by atoms with van der Waals surface area (Å²) in [6, 6.07) is 13.8. The molecule has 0 saturated carbocycles. The van der Waals surface area contributed by atoms with Gasteiger partial charge in [0.15, 0.2) is 5.82 Å². The number of fused-ring (bicyclic) bond motifs is 3. The lowest BCUT2D eigenvalue weighted by Gasteiger charge is -2.20. The van der Waals surface area contributed by atoms with Crippen LogP contribution in [0.15, 0.2) is 60.7 Å². The summed E-state index contributed by atoms with van der Waals surface area (Å²) in [5.41, 5.74) is 1.54. The van der Waals surface area contributed by atoms with Crippen molar-refractivity contribution in [3.8, 4) is 5.75 Å². The van der Waals surface area contributed by atoms with Crippen LogP contribution in [0.2, 0.25) is 0 Å². The van der Waals surface area contributed by atoms with E-state index < -0.39 is 29.6 Å². The zero-order valence-corrected chi connectivity index (χ0v) is 27.9. The Hall–Kier alpha value is -5.34. The van der Waals surface area contributed by atoms with E-state index in [-0.39, 0.29) is 63.0 Å². The number of carbonyl (C=O) groups is 4. The molecule has 2 heterocycles. The topological polar surface area (TPSA) is 177 Å². The Morgan fingerprint density at radius 1 is 0.918 bits per heavy atom. The van der Waals surface area contributed by atoms with Gasteiger partial charge in [0.05, 0.1) is 36.0 Å². The standard InChI is InChI=1S/C35H40N4O10/c1-6-45-20-27-37-30-31(39(27)21-35(4,5)44)25-9-7-8-10-26(25)36-32(30)38-34(43)48-19-23-11-13-24(14-12-23)49-29(41)16-15-28(40)46-17-18-47-33(42)22(2)3/h7-14,44H,2,6,15-21H2,1,3-5H3,(H,36,38,43). The zero-order chi connectivity index (χ0) is 35.6. The van der Waals surface area contributed by atoms with Gasteiger partial charge in [-0.15, -0.1) is 0 Å². The second-order valence-electron chi connectivity index (χ2n) is 11.7. The first-order valence-electron chi connectivity index (χ1n) is 15.6. The minimum absolute atomic E-state index is 0.0902. The number of carbonyl (C=O) groups excluding carboxylic acids is 4. The third kappa shape index (κ3) is 10.6. The SMILES string of the molecule is C=C(C)C(=O)OCCOC(=O)CCC(=O)Oc1ccc(COC(=O)Nc2nc3ccccc3c3c2nc(COCC)n3CC(C)(C)O)cc1. The number of amides is 1. The van der Waals surface area contributed by atoms with Gasteiger partial charge in [0.1, 0.15) is 43.5 Å². The Labute approximate surface area is 283 Å². The van der Waals surface area contributed by atoms with Crippen molar-refractivity contribution >= 4 is 51.8 Å². The van der Waals surface area contributed by atoms with Gasteiger partial charge in [-0.25, -0.2) is 19.6 Å². The normalized spacial score (nSPS) is 11.3. The number of rotatable bonds is 16. The van der Waals surface area contributed by atoms with Crippen LogP contribution in [-0.4, -0.2) is 69.1 Å². The summed E-state index contributed by atoms with van der Waals surface area (Å²) < 4.78 is 28.0. The van der Waals surface area contributed by atoms with Gasteiger partial charge in [0.2, 0.25) is 0 Å². The van der Waals surface area contributed by atoms with Crippen molar-refractivity contribution < 1.29 is 48.0 Å². The molecule has 14 heteroatoms. The summed E-state index contributed by atoms with van der Waals surface area (Å²) in [7, 11) is 0. The first-order valence-corrected chi connectivity index (χ1v) is 15.6. The van der Waals surface area contributed by atoms with Crippen molar-refractivity contribution in [1.29, 1.82) is 0 Å². The predicted molar refractivity (Wildman–Crippen MR) is 179 cm³/mol. The molecule has 49 heavy (non-hydrogen) atoms. The first kappa shape index (κ1) is 36.5. The molecule has 4 aromatic rings. The van der Waals surface area contributed by atoms with E-state index in [9.17, 15) is 24.3 Å². The molecule has 0 spiro atoms. The quantitative estimate of drug-likeness (QED) is 0.0535. The van der Waals surface area contributed by atoms with Gasteiger partial charge in [-0.05, 0) is 51.5 Å². The average Bonchev–Trinajstić information content (AvgIpc) is 3.41. The van der Waals surface area contributed by atoms with Crippen molar-refractivity contribution in [3.05, 3.63) is 72.1 Å². The molecule has 0 fully saturated rings. The number of nitrogens with zero attached hydrogens (tertiary/aromatic N) is 3. The molecule has 0 saturated heterocycles. The van der Waals surface area contributed by atoms with Gasteiger partial charge in [0.25, 0.3) is 0 Å². The highest BCUT2D eigenvalue weighted by molar-refractivity contribution is 6.09. The molecule has 2 N–H and O–H groups in total. The van der Waals surface area contributed by atoms with Crippen LogP contribution in [0.1, 0.15) is 51.9 Å². The van der Waals surface area contributed by atoms with Gasteiger partial charge in [-0.3, -0.25) is 14.9 Å². The highest BCUT2D eigenvalue weighted by Gasteiger charge is 2.24. The van der Waals surface area contributed by atoms with Crippen LogP contribution in [0.25, 0.3) is 21.9 Å². The second-order valence-corrected chi connectivity index (χ2v) is 11.7. The predicted octanol–water partition coefficient (Wildman–Crippen LogP) is 4.99. The number of para-hydroxylation sites is 1. The van der Waals surface area contributed by atoms with E-state index in [0.717, 1.165) is 5.39 Å². The van der Waals surface area contributed by atoms with Gasteiger partial charge in [-0.2, -0.15) is 0 Å². The lowest BCUT2D eigenvalue weighted by molar-refractivity contribution is -0.151. The number of aliphatic hydroxyl groups is 1. The number of nitrogens with one attached hydrogen (secondary N) is 1. The number of anilines is 1. The second kappa shape index (κ2) is 16.7. The van der Waals surface area contributed by atoms with Crippen LogP contribution in [0.5, 0.6) is 5.75 Å². The third-order valence-electron chi connectivity index (χ3n) is 6.85. The lowest BCUT2D eigenvalue weighted by Crippen LogP contribution is -2.27. The molecular weight excluding hydrogens is 636 g/mol. The molecule has 2 aromatic carbocycles. The first-order chi connectivity index (χ1) is 23.3. The fourth-order valence-electron chi connectivity index (χ4n) is 4.64. The van der Waals surface area contributed by atoms with Crippen molar-refractivity contribution in [2.24, 2.45) is 0 Å². The number of ether oxygens (including phenoxy) is 5. The molecule has 0 unspecified atom stereocenters. The summed E-state index contributed by atoms with van der Waals surface area (Å²) in [4.78, 5) is 57.6. The smallest absolute Gasteiger partial charge is 0.413 e. The summed E-state index contributed by atoms with van der Waals surface area (Å²) in [6.45, 7) is 10.8. The van der Waals surface area contributed by atoms with E-state index in [0.29, 0.717) is 34.5 Å². The maximum Gasteiger partial charge on any atom is 0.413 e. The summed E-state index contributed by atoms with van der Waals surface area (Å²) in [5.74, 6) is -0.845. The largest absolute Gasteiger partial charge is 0.462 e. The molecule has 14 nitrogen and oxygen atoms in total. The van der Waals surface area contributed by atoms with Gasteiger partial charge in [-0.1, -0.05) is 36.9 Å². The molecule has 0 aliphatic rings. The highest BCUT2D eigenvalue weighted by Crippen LogP contribution is 2.31. The molecule has 0 atom stereocenters. The number of benzene rings is 2. The van der Waals surface area contributed by atoms with Crippen LogP contribution < -0.4 is 10.1 Å². The minimum atomic E-state index is -1.06. The van der Waals surface area contributed by atoms with Gasteiger partial charge >= 0.3 is 24.0 Å². The van der Waals surface area contributed by atoms with Crippen molar-refractivity contribution in [1.82, 2.24) is 14.5 Å². The number of hydrogen-bond acceptors (Lipinski definition) is 12. The molecule has 0 bridgehead atoms. The van der Waals surface area contributed by atoms with E-state index in [1.165, 1.54) is 19.1 Å². The highest BCUT2D eigenvalue weighted by atomic mass is 16.6. The van der Waals surface area contributed by atoms with Gasteiger partial charge in [0, 0.05) is 17.6 Å². The number of esters is 3. The summed E-state index contributed by atoms with van der Waals surface area (Å²) >= 11 is 0. The number of imidazole rings is 1. The molecule has 260 valence electrons. The Kier molecular flexibility index (Phi) is 12.4. The Morgan fingerprint density at radius 3 is 2.31 bits per heavy atom. The fourth-order valence-corrected chi connectivity index (χ4v) is 4.64. The monoisotopic (exact) mass is 676 g/mol. The fraction of sp³-hybridized carbons (Fsp3) is 0.371. The van der Waals surface area contributed by atoms with Gasteiger partial charge < -0.3 is 33.4 Å². The van der Waals surface area contributed by atoms with Crippen molar-refractivity contribution in [2.45, 2.75) is 65.9 Å². The van der Waals surface area contributed by atoms with Crippen LogP contribution in [0.4, 0.5) is 10.6 Å². The van der Waals surface area contributed by atoms with Crippen LogP contribution in [0.3, 0.4) is 0 Å². The van der Waals surface area contributed by atoms with Crippen LogP contribution in [-0.2, 0) is 53.1 Å². The van der Waals surface area contributed by atoms with E-state index in [1.54, 1.807) is 26.0 Å². The minimum Gasteiger partial charge on any atom is -0.462 e. The molecule has 0 radical (unpaired) electrons. The maximum atomic E-state index is 12.9. The molecule has 2 aromatic heterocycles. The molecule has 0 aliphatic carbocycles. The van der Waals surface area contributed by atoms with Crippen LogP contribution >= 0.6 is 0 Å². The third-order valence-corrected chi connectivity index (χ3v) is 6.85. The van der Waals surface area contributed by atoms with Crippen molar-refractivity contribution in [2.75, 3.05) is 25.1 Å². The maximum absolute atomic E-state index is 12.9. The summed E-state index contributed by atoms with van der Waals surface area (Å²) in [6.07, 6.45) is -1.18. The Bertz CT molecular complexity index is 1830. The number of hydrogen-bond donors (Lipinski definition) is 2. The molecule has 0 aliphatic heterocycles. The zero-order valence-electron chi connectivity index (χ0n) is 27.9. The number of aromatic nitrogens is 3. The number of pyridine rings is 1. The Morgan fingerprint density at radius 2 is 1.61 bits per heavy atom. The average molecular weight is 677 g/mol. The van der Waals surface area contributed by atoms with Crippen molar-refractivity contribution in [3.63, 3.8) is 0 Å². The van der Waals surface area contributed by atoms with E-state index >= 15 is 0 Å². The molecule has 4 rings (SSSR count). The molecule has 1 amide bonds. The van der Waals surface area contributed by atoms with E-state index in [4.69, 9.17) is 28.7 Å².